The Kier molecular flexibility index (Phi) is 16.8. The Balaban J connectivity index is 2.38. The number of carbonyl (C=O) groups is 3. The number of amides is 3. The number of carbonyl (C=O) groups excluding carboxylic acids is 3. The zero-order valence-electron chi connectivity index (χ0n) is 24.0. The minimum absolute atomic E-state index is 0.0749. The van der Waals surface area contributed by atoms with Crippen LogP contribution >= 0.6 is 0 Å². The van der Waals surface area contributed by atoms with E-state index < -0.39 is 33.2 Å². The zero-order valence-corrected chi connectivity index (χ0v) is 24.0. The van der Waals surface area contributed by atoms with Crippen LogP contribution in [0.1, 0.15) is 108 Å². The summed E-state index contributed by atoms with van der Waals surface area (Å²) < 4.78 is 0. The lowest BCUT2D eigenvalue weighted by Gasteiger charge is -2.20. The van der Waals surface area contributed by atoms with Gasteiger partial charge in [0.15, 0.2) is 0 Å². The van der Waals surface area contributed by atoms with Crippen LogP contribution in [0, 0.1) is 26.1 Å². The molecule has 0 aromatic heterocycles. The SMILES string of the molecule is CCCCNC(=O)CCCCCCCCCCNC(=O)[C@H](CC(C)C)NC(=O)c1cc([N+](=O)[O-])cc([N+](=O)[O-])c1. The summed E-state index contributed by atoms with van der Waals surface area (Å²) in [6.07, 6.45) is 11.1. The van der Waals surface area contributed by atoms with E-state index in [0.29, 0.717) is 19.4 Å². The van der Waals surface area contributed by atoms with Crippen molar-refractivity contribution < 1.29 is 24.2 Å². The van der Waals surface area contributed by atoms with Gasteiger partial charge in [0.05, 0.1) is 21.5 Å². The van der Waals surface area contributed by atoms with Gasteiger partial charge in [-0.3, -0.25) is 34.6 Å². The minimum atomic E-state index is -0.875. The highest BCUT2D eigenvalue weighted by Gasteiger charge is 2.25. The molecule has 0 saturated heterocycles. The van der Waals surface area contributed by atoms with Gasteiger partial charge in [-0.05, 0) is 31.6 Å². The van der Waals surface area contributed by atoms with E-state index in [2.05, 4.69) is 22.9 Å². The zero-order chi connectivity index (χ0) is 29.9. The highest BCUT2D eigenvalue weighted by Crippen LogP contribution is 2.23. The van der Waals surface area contributed by atoms with Crippen LogP contribution in [0.15, 0.2) is 18.2 Å². The molecule has 40 heavy (non-hydrogen) atoms. The molecule has 0 saturated carbocycles. The number of unbranched alkanes of at least 4 members (excludes halogenated alkanes) is 8. The molecule has 1 aromatic rings. The maximum absolute atomic E-state index is 12.8. The summed E-state index contributed by atoms with van der Waals surface area (Å²) in [5.41, 5.74) is -1.40. The molecule has 0 aliphatic heterocycles. The molecular formula is C28H45N5O7. The number of non-ortho nitro benzene ring substituents is 2. The predicted molar refractivity (Wildman–Crippen MR) is 153 cm³/mol. The number of hydrogen-bond donors (Lipinski definition) is 3. The molecule has 1 atom stereocenters. The molecule has 0 fully saturated rings. The van der Waals surface area contributed by atoms with Gasteiger partial charge >= 0.3 is 0 Å². The first-order chi connectivity index (χ1) is 19.0. The van der Waals surface area contributed by atoms with E-state index in [1.807, 2.05) is 13.8 Å². The second-order valence-electron chi connectivity index (χ2n) is 10.5. The Morgan fingerprint density at radius 1 is 0.775 bits per heavy atom. The summed E-state index contributed by atoms with van der Waals surface area (Å²) >= 11 is 0. The van der Waals surface area contributed by atoms with Crippen LogP contribution in [0.25, 0.3) is 0 Å². The largest absolute Gasteiger partial charge is 0.356 e. The average molecular weight is 564 g/mol. The average Bonchev–Trinajstić information content (AvgIpc) is 2.90. The second kappa shape index (κ2) is 19.5. The van der Waals surface area contributed by atoms with Crippen LogP contribution in [-0.2, 0) is 9.59 Å². The molecule has 0 aliphatic carbocycles. The van der Waals surface area contributed by atoms with Crippen LogP contribution < -0.4 is 16.0 Å². The van der Waals surface area contributed by atoms with Crippen LogP contribution in [0.2, 0.25) is 0 Å². The summed E-state index contributed by atoms with van der Waals surface area (Å²) in [6.45, 7) is 7.11. The molecule has 1 aromatic carbocycles. The number of nitro benzene ring substituents is 2. The number of nitro groups is 2. The van der Waals surface area contributed by atoms with Crippen LogP contribution in [-0.4, -0.2) is 46.7 Å². The fourth-order valence-electron chi connectivity index (χ4n) is 4.18. The maximum atomic E-state index is 12.8. The fourth-order valence-corrected chi connectivity index (χ4v) is 4.18. The van der Waals surface area contributed by atoms with E-state index >= 15 is 0 Å². The summed E-state index contributed by atoms with van der Waals surface area (Å²) in [4.78, 5) is 57.9. The summed E-state index contributed by atoms with van der Waals surface area (Å²) in [6, 6.07) is 1.82. The second-order valence-corrected chi connectivity index (χ2v) is 10.5. The highest BCUT2D eigenvalue weighted by atomic mass is 16.6. The number of benzene rings is 1. The Hall–Kier alpha value is -3.57. The molecule has 0 radical (unpaired) electrons. The van der Waals surface area contributed by atoms with E-state index in [0.717, 1.165) is 89.0 Å². The predicted octanol–water partition coefficient (Wildman–Crippen LogP) is 5.19. The van der Waals surface area contributed by atoms with E-state index in [1.54, 1.807) is 0 Å². The van der Waals surface area contributed by atoms with Gasteiger partial charge in [0, 0.05) is 31.6 Å². The van der Waals surface area contributed by atoms with Crippen molar-refractivity contribution in [3.8, 4) is 0 Å². The molecule has 12 heteroatoms. The Bertz CT molecular complexity index is 952. The lowest BCUT2D eigenvalue weighted by atomic mass is 10.0. The van der Waals surface area contributed by atoms with Crippen molar-refractivity contribution in [1.29, 1.82) is 0 Å². The number of rotatable bonds is 21. The number of hydrogen-bond acceptors (Lipinski definition) is 7. The lowest BCUT2D eigenvalue weighted by molar-refractivity contribution is -0.394. The van der Waals surface area contributed by atoms with Gasteiger partial charge in [0.25, 0.3) is 17.3 Å². The van der Waals surface area contributed by atoms with Gasteiger partial charge in [-0.1, -0.05) is 65.7 Å². The molecular weight excluding hydrogens is 518 g/mol. The van der Waals surface area contributed by atoms with Crippen LogP contribution in [0.3, 0.4) is 0 Å². The molecule has 1 rings (SSSR count). The standard InChI is InChI=1S/C28H45N5O7/c1-4-5-15-29-26(34)14-12-10-8-6-7-9-11-13-16-30-28(36)25(17-21(2)3)31-27(35)22-18-23(32(37)38)20-24(19-22)33(39)40/h18-21,25H,4-17H2,1-3H3,(H,29,34)(H,30,36)(H,31,35)/t25-/m0/s1. The molecule has 0 aliphatic rings. The third-order valence-corrected chi connectivity index (χ3v) is 6.40. The summed E-state index contributed by atoms with van der Waals surface area (Å²) in [5, 5.41) is 30.6. The topological polar surface area (TPSA) is 174 Å². The lowest BCUT2D eigenvalue weighted by Crippen LogP contribution is -2.47. The minimum Gasteiger partial charge on any atom is -0.356 e. The van der Waals surface area contributed by atoms with E-state index in [1.165, 1.54) is 0 Å². The molecule has 3 amide bonds. The van der Waals surface area contributed by atoms with Crippen LogP contribution in [0.4, 0.5) is 11.4 Å². The van der Waals surface area contributed by atoms with E-state index in [-0.39, 0.29) is 23.3 Å². The fraction of sp³-hybridized carbons (Fsp3) is 0.679. The highest BCUT2D eigenvalue weighted by molar-refractivity contribution is 5.98. The normalized spacial score (nSPS) is 11.6. The molecule has 0 unspecified atom stereocenters. The van der Waals surface area contributed by atoms with Gasteiger partial charge in [0.1, 0.15) is 6.04 Å². The Morgan fingerprint density at radius 2 is 1.30 bits per heavy atom. The van der Waals surface area contributed by atoms with Gasteiger partial charge in [0.2, 0.25) is 11.8 Å². The van der Waals surface area contributed by atoms with Gasteiger partial charge in [-0.2, -0.15) is 0 Å². The van der Waals surface area contributed by atoms with Gasteiger partial charge in [-0.15, -0.1) is 0 Å². The molecule has 12 nitrogen and oxygen atoms in total. The molecule has 0 heterocycles. The number of nitrogens with one attached hydrogen (secondary N) is 3. The molecule has 3 N–H and O–H groups in total. The first-order valence-corrected chi connectivity index (χ1v) is 14.3. The van der Waals surface area contributed by atoms with E-state index in [9.17, 15) is 34.6 Å². The number of nitrogens with zero attached hydrogens (tertiary/aromatic N) is 2. The monoisotopic (exact) mass is 563 g/mol. The maximum Gasteiger partial charge on any atom is 0.277 e. The molecule has 224 valence electrons. The van der Waals surface area contributed by atoms with Crippen molar-refractivity contribution in [3.63, 3.8) is 0 Å². The summed E-state index contributed by atoms with van der Waals surface area (Å²) in [7, 11) is 0. The first-order valence-electron chi connectivity index (χ1n) is 14.3. The van der Waals surface area contributed by atoms with Crippen molar-refractivity contribution >= 4 is 29.1 Å². The summed E-state index contributed by atoms with van der Waals surface area (Å²) in [5.74, 6) is -0.935. The van der Waals surface area contributed by atoms with Crippen LogP contribution in [0.5, 0.6) is 0 Å². The van der Waals surface area contributed by atoms with Crippen molar-refractivity contribution in [1.82, 2.24) is 16.0 Å². The molecule has 0 spiro atoms. The Morgan fingerprint density at radius 3 is 1.82 bits per heavy atom. The smallest absolute Gasteiger partial charge is 0.277 e. The quantitative estimate of drug-likeness (QED) is 0.105. The van der Waals surface area contributed by atoms with Gasteiger partial charge < -0.3 is 16.0 Å². The van der Waals surface area contributed by atoms with Crippen molar-refractivity contribution in [2.75, 3.05) is 13.1 Å². The third kappa shape index (κ3) is 14.5. The van der Waals surface area contributed by atoms with Crippen molar-refractivity contribution in [2.24, 2.45) is 5.92 Å². The first kappa shape index (κ1) is 34.5. The Labute approximate surface area is 236 Å². The van der Waals surface area contributed by atoms with E-state index in [4.69, 9.17) is 0 Å². The van der Waals surface area contributed by atoms with Gasteiger partial charge in [-0.25, -0.2) is 0 Å². The van der Waals surface area contributed by atoms with Crippen molar-refractivity contribution in [2.45, 2.75) is 104 Å². The molecule has 0 bridgehead atoms. The van der Waals surface area contributed by atoms with Crippen molar-refractivity contribution in [3.05, 3.63) is 44.0 Å². The third-order valence-electron chi connectivity index (χ3n) is 6.40.